The Labute approximate surface area is 150 Å². The van der Waals surface area contributed by atoms with Gasteiger partial charge < -0.3 is 5.32 Å². The first-order chi connectivity index (χ1) is 12.6. The first-order valence-corrected chi connectivity index (χ1v) is 8.30. The highest BCUT2D eigenvalue weighted by molar-refractivity contribution is 5.90. The Hall–Kier alpha value is -2.84. The zero-order valence-electron chi connectivity index (χ0n) is 14.1. The van der Waals surface area contributed by atoms with E-state index in [2.05, 4.69) is 20.2 Å². The monoisotopic (exact) mass is 357 g/mol. The third-order valence-corrected chi connectivity index (χ3v) is 4.11. The molecule has 1 aromatic carbocycles. The largest absolute Gasteiger partial charge is 0.365 e. The van der Waals surface area contributed by atoms with E-state index in [4.69, 9.17) is 5.21 Å². The number of likely N-dealkylation sites (tertiary alicyclic amines) is 1. The van der Waals surface area contributed by atoms with E-state index in [9.17, 15) is 9.18 Å². The fraction of sp³-hybridized carbons (Fsp3) is 0.278. The number of hydrogen-bond acceptors (Lipinski definition) is 6. The molecule has 0 spiro atoms. The highest BCUT2D eigenvalue weighted by Gasteiger charge is 2.22. The predicted molar refractivity (Wildman–Crippen MR) is 94.7 cm³/mol. The Kier molecular flexibility index (Phi) is 5.88. The second-order valence-electron chi connectivity index (χ2n) is 6.13. The fourth-order valence-electron chi connectivity index (χ4n) is 2.89. The van der Waals surface area contributed by atoms with Gasteiger partial charge in [0, 0.05) is 31.8 Å². The smallest absolute Gasteiger partial charge is 0.267 e. The van der Waals surface area contributed by atoms with E-state index >= 15 is 0 Å². The molecule has 2 heterocycles. The molecule has 0 aliphatic carbocycles. The third kappa shape index (κ3) is 5.08. The van der Waals surface area contributed by atoms with Crippen molar-refractivity contribution in [3.63, 3.8) is 0 Å². The summed E-state index contributed by atoms with van der Waals surface area (Å²) in [4.78, 5) is 21.7. The van der Waals surface area contributed by atoms with Gasteiger partial charge in [-0.25, -0.2) is 14.9 Å². The van der Waals surface area contributed by atoms with Crippen LogP contribution in [0.25, 0.3) is 6.08 Å². The average molecular weight is 357 g/mol. The molecule has 0 unspecified atom stereocenters. The van der Waals surface area contributed by atoms with Gasteiger partial charge in [-0.2, -0.15) is 0 Å². The minimum absolute atomic E-state index is 0.211. The van der Waals surface area contributed by atoms with Crippen LogP contribution in [0.2, 0.25) is 0 Å². The number of anilines is 1. The van der Waals surface area contributed by atoms with Crippen molar-refractivity contribution in [2.45, 2.75) is 19.0 Å². The molecule has 0 bridgehead atoms. The molecule has 0 saturated carbocycles. The number of carbonyl (C=O) groups excluding carboxylic acids is 1. The molecule has 2 aromatic rings. The number of hydroxylamine groups is 1. The molecule has 136 valence electrons. The SMILES string of the molecule is O=C(C=Cc1cnc(N[C@@H]2CCN(Cc3cccc(F)c3)C2)cn1)NO. The molecule has 8 heteroatoms. The van der Waals surface area contributed by atoms with Crippen LogP contribution in [0.15, 0.2) is 42.7 Å². The maximum atomic E-state index is 13.3. The third-order valence-electron chi connectivity index (χ3n) is 4.11. The number of nitrogens with zero attached hydrogens (tertiary/aromatic N) is 3. The number of hydrogen-bond donors (Lipinski definition) is 3. The molecule has 26 heavy (non-hydrogen) atoms. The van der Waals surface area contributed by atoms with Crippen molar-refractivity contribution < 1.29 is 14.4 Å². The Balaban J connectivity index is 1.50. The highest BCUT2D eigenvalue weighted by Crippen LogP contribution is 2.17. The lowest BCUT2D eigenvalue weighted by Gasteiger charge is -2.17. The van der Waals surface area contributed by atoms with Crippen molar-refractivity contribution in [1.29, 1.82) is 0 Å². The zero-order chi connectivity index (χ0) is 18.4. The summed E-state index contributed by atoms with van der Waals surface area (Å²) in [6.45, 7) is 2.49. The topological polar surface area (TPSA) is 90.4 Å². The fourth-order valence-corrected chi connectivity index (χ4v) is 2.89. The molecule has 1 atom stereocenters. The van der Waals surface area contributed by atoms with E-state index < -0.39 is 5.91 Å². The van der Waals surface area contributed by atoms with Crippen LogP contribution in [0.1, 0.15) is 17.7 Å². The summed E-state index contributed by atoms with van der Waals surface area (Å²) in [5.74, 6) is -0.179. The van der Waals surface area contributed by atoms with Gasteiger partial charge in [0.1, 0.15) is 11.6 Å². The van der Waals surface area contributed by atoms with Crippen molar-refractivity contribution in [1.82, 2.24) is 20.3 Å². The number of halogens is 1. The summed E-state index contributed by atoms with van der Waals surface area (Å²) < 4.78 is 13.3. The van der Waals surface area contributed by atoms with E-state index in [1.807, 2.05) is 6.07 Å². The summed E-state index contributed by atoms with van der Waals surface area (Å²) in [5.41, 5.74) is 2.99. The van der Waals surface area contributed by atoms with E-state index in [-0.39, 0.29) is 11.9 Å². The molecule has 3 N–H and O–H groups in total. The van der Waals surface area contributed by atoms with Crippen molar-refractivity contribution in [3.8, 4) is 0 Å². The molecule has 3 rings (SSSR count). The van der Waals surface area contributed by atoms with Crippen molar-refractivity contribution >= 4 is 17.8 Å². The maximum absolute atomic E-state index is 13.3. The molecule has 0 radical (unpaired) electrons. The lowest BCUT2D eigenvalue weighted by molar-refractivity contribution is -0.124. The zero-order valence-corrected chi connectivity index (χ0v) is 14.1. The van der Waals surface area contributed by atoms with E-state index in [0.29, 0.717) is 11.5 Å². The van der Waals surface area contributed by atoms with E-state index in [1.165, 1.54) is 23.7 Å². The van der Waals surface area contributed by atoms with Crippen LogP contribution in [0, 0.1) is 5.82 Å². The van der Waals surface area contributed by atoms with Gasteiger partial charge in [-0.05, 0) is 30.2 Å². The molecule has 1 aromatic heterocycles. The highest BCUT2D eigenvalue weighted by atomic mass is 19.1. The van der Waals surface area contributed by atoms with Gasteiger partial charge in [0.05, 0.1) is 18.1 Å². The molecule has 7 nitrogen and oxygen atoms in total. The minimum atomic E-state index is -0.627. The number of benzene rings is 1. The van der Waals surface area contributed by atoms with Crippen molar-refractivity contribution in [2.24, 2.45) is 0 Å². The summed E-state index contributed by atoms with van der Waals surface area (Å²) >= 11 is 0. The molecule has 1 saturated heterocycles. The molecule has 1 amide bonds. The van der Waals surface area contributed by atoms with Gasteiger partial charge in [0.15, 0.2) is 0 Å². The Morgan fingerprint density at radius 2 is 2.27 bits per heavy atom. The summed E-state index contributed by atoms with van der Waals surface area (Å²) in [6.07, 6.45) is 6.74. The first kappa shape index (κ1) is 18.0. The van der Waals surface area contributed by atoms with Gasteiger partial charge in [-0.15, -0.1) is 0 Å². The molecule has 1 aliphatic rings. The van der Waals surface area contributed by atoms with Gasteiger partial charge >= 0.3 is 0 Å². The van der Waals surface area contributed by atoms with Gasteiger partial charge in [-0.1, -0.05) is 12.1 Å². The molecule has 1 fully saturated rings. The normalized spacial score (nSPS) is 17.5. The van der Waals surface area contributed by atoms with Gasteiger partial charge in [0.25, 0.3) is 5.91 Å². The lowest BCUT2D eigenvalue weighted by Crippen LogP contribution is -2.26. The van der Waals surface area contributed by atoms with Crippen molar-refractivity contribution in [3.05, 3.63) is 59.8 Å². The van der Waals surface area contributed by atoms with Crippen LogP contribution in [0.3, 0.4) is 0 Å². The van der Waals surface area contributed by atoms with Crippen LogP contribution in [-0.2, 0) is 11.3 Å². The van der Waals surface area contributed by atoms with Gasteiger partial charge in [-0.3, -0.25) is 19.9 Å². The molecule has 1 aliphatic heterocycles. The Morgan fingerprint density at radius 3 is 3.00 bits per heavy atom. The summed E-state index contributed by atoms with van der Waals surface area (Å²) in [6, 6.07) is 6.92. The van der Waals surface area contributed by atoms with Crippen LogP contribution >= 0.6 is 0 Å². The van der Waals surface area contributed by atoms with Gasteiger partial charge in [0.2, 0.25) is 0 Å². The van der Waals surface area contributed by atoms with Crippen LogP contribution in [0.5, 0.6) is 0 Å². The first-order valence-electron chi connectivity index (χ1n) is 8.30. The number of amides is 1. The quantitative estimate of drug-likeness (QED) is 0.415. The summed E-state index contributed by atoms with van der Waals surface area (Å²) in [5, 5.41) is 11.8. The van der Waals surface area contributed by atoms with Crippen molar-refractivity contribution in [2.75, 3.05) is 18.4 Å². The minimum Gasteiger partial charge on any atom is -0.365 e. The molecular weight excluding hydrogens is 337 g/mol. The second-order valence-corrected chi connectivity index (χ2v) is 6.13. The van der Waals surface area contributed by atoms with Crippen LogP contribution < -0.4 is 10.8 Å². The number of carbonyl (C=O) groups is 1. The lowest BCUT2D eigenvalue weighted by atomic mass is 10.2. The number of rotatable bonds is 6. The standard InChI is InChI=1S/C18H20FN5O2/c19-14-3-1-2-13(8-14)11-24-7-6-16(12-24)22-17-10-20-15(9-21-17)4-5-18(25)23-26/h1-5,8-10,16,26H,6-7,11-12H2,(H,21,22)(H,23,25)/t16-/m1/s1. The average Bonchev–Trinajstić information content (AvgIpc) is 3.07. The maximum Gasteiger partial charge on any atom is 0.267 e. The van der Waals surface area contributed by atoms with E-state index in [0.717, 1.165) is 31.6 Å². The summed E-state index contributed by atoms with van der Waals surface area (Å²) in [7, 11) is 0. The van der Waals surface area contributed by atoms with E-state index in [1.54, 1.807) is 24.5 Å². The van der Waals surface area contributed by atoms with Crippen LogP contribution in [0.4, 0.5) is 10.2 Å². The Bertz CT molecular complexity index is 781. The second kappa shape index (κ2) is 8.50. The predicted octanol–water partition coefficient (Wildman–Crippen LogP) is 1.82. The Morgan fingerprint density at radius 1 is 1.38 bits per heavy atom. The number of aromatic nitrogens is 2. The molecular formula is C18H20FN5O2. The van der Waals surface area contributed by atoms with Crippen LogP contribution in [-0.4, -0.2) is 45.1 Å². The number of nitrogens with one attached hydrogen (secondary N) is 2.